The average molecular weight is 419 g/mol. The number of aliphatic hydroxyl groups is 1. The number of hydrogen-bond donors (Lipinski definition) is 2. The number of H-pyrrole nitrogens is 1. The molecule has 1 aliphatic heterocycles. The maximum Gasteiger partial charge on any atom is 0.341 e. The lowest BCUT2D eigenvalue weighted by Gasteiger charge is -2.36. The van der Waals surface area contributed by atoms with Crippen molar-refractivity contribution in [3.8, 4) is 11.1 Å². The first-order valence-electron chi connectivity index (χ1n) is 7.92. The monoisotopic (exact) mass is 417 g/mol. The molecule has 0 bridgehead atoms. The Bertz CT molecular complexity index is 843. The van der Waals surface area contributed by atoms with E-state index in [1.54, 1.807) is 27.0 Å². The molecule has 0 amide bonds. The Morgan fingerprint density at radius 2 is 1.81 bits per heavy atom. The minimum atomic E-state index is -1.30. The van der Waals surface area contributed by atoms with Crippen molar-refractivity contribution in [3.05, 3.63) is 44.7 Å². The van der Waals surface area contributed by atoms with Crippen molar-refractivity contribution >= 4 is 40.8 Å². The van der Waals surface area contributed by atoms with Gasteiger partial charge in [-0.05, 0) is 32.9 Å². The Kier molecular flexibility index (Phi) is 5.05. The Morgan fingerprint density at radius 1 is 1.23 bits per heavy atom. The second-order valence-corrected chi connectivity index (χ2v) is 8.47. The van der Waals surface area contributed by atoms with Gasteiger partial charge in [0.2, 0.25) is 0 Å². The molecular formula is C18H18Cl3NO4. The van der Waals surface area contributed by atoms with Gasteiger partial charge in [0.25, 0.3) is 0 Å². The number of carbonyl (C=O) groups excluding carboxylic acids is 1. The smallest absolute Gasteiger partial charge is 0.341 e. The number of esters is 1. The topological polar surface area (TPSA) is 71.6 Å². The number of nitrogens with one attached hydrogen (secondary N) is 1. The van der Waals surface area contributed by atoms with E-state index < -0.39 is 17.2 Å². The highest BCUT2D eigenvalue weighted by Crippen LogP contribution is 2.43. The van der Waals surface area contributed by atoms with Gasteiger partial charge in [0.1, 0.15) is 5.60 Å². The summed E-state index contributed by atoms with van der Waals surface area (Å²) < 4.78 is 10.6. The summed E-state index contributed by atoms with van der Waals surface area (Å²) in [7, 11) is 0. The normalized spacial score (nSPS) is 16.3. The molecule has 5 nitrogen and oxygen atoms in total. The molecule has 2 N–H and O–H groups in total. The predicted octanol–water partition coefficient (Wildman–Crippen LogP) is 4.82. The molecule has 1 fully saturated rings. The molecule has 0 atom stereocenters. The molecule has 26 heavy (non-hydrogen) atoms. The molecule has 1 aromatic heterocycles. The molecule has 1 aromatic carbocycles. The van der Waals surface area contributed by atoms with Crippen LogP contribution in [0.25, 0.3) is 11.1 Å². The number of ether oxygens (including phenoxy) is 2. The zero-order chi connectivity index (χ0) is 19.3. The van der Waals surface area contributed by atoms with E-state index in [1.165, 1.54) is 12.1 Å². The van der Waals surface area contributed by atoms with E-state index >= 15 is 0 Å². The van der Waals surface area contributed by atoms with E-state index in [0.29, 0.717) is 21.8 Å². The van der Waals surface area contributed by atoms with Gasteiger partial charge in [0.05, 0.1) is 34.5 Å². The lowest BCUT2D eigenvalue weighted by Crippen LogP contribution is -2.47. The van der Waals surface area contributed by atoms with Crippen LogP contribution in [0.3, 0.4) is 0 Å². The van der Waals surface area contributed by atoms with Gasteiger partial charge >= 0.3 is 5.97 Å². The zero-order valence-electron chi connectivity index (χ0n) is 14.5. The van der Waals surface area contributed by atoms with Gasteiger partial charge in [-0.3, -0.25) is 0 Å². The highest BCUT2D eigenvalue weighted by Gasteiger charge is 2.44. The van der Waals surface area contributed by atoms with Crippen LogP contribution in [0.15, 0.2) is 18.3 Å². The number of benzene rings is 1. The number of carbonyl (C=O) groups is 1. The van der Waals surface area contributed by atoms with Crippen LogP contribution in [0, 0.1) is 0 Å². The fourth-order valence-corrected chi connectivity index (χ4v) is 3.79. The predicted molar refractivity (Wildman–Crippen MR) is 101 cm³/mol. The first-order chi connectivity index (χ1) is 12.0. The van der Waals surface area contributed by atoms with Gasteiger partial charge in [0.15, 0.2) is 5.60 Å². The lowest BCUT2D eigenvalue weighted by atomic mass is 9.91. The minimum Gasteiger partial charge on any atom is -0.456 e. The van der Waals surface area contributed by atoms with E-state index in [1.807, 2.05) is 0 Å². The molecule has 1 aliphatic rings. The van der Waals surface area contributed by atoms with Crippen molar-refractivity contribution in [1.29, 1.82) is 0 Å². The SMILES string of the molecule is CC(C)(C)OC(=O)c1c(-c2c(Cl)cc(Cl)cc2Cl)c[nH]c1C1(O)COC1. The lowest BCUT2D eigenvalue weighted by molar-refractivity contribution is -0.187. The summed E-state index contributed by atoms with van der Waals surface area (Å²) in [5, 5.41) is 11.7. The summed E-state index contributed by atoms with van der Waals surface area (Å²) in [5.74, 6) is -0.592. The quantitative estimate of drug-likeness (QED) is 0.701. The Hall–Kier alpha value is -1.24. The third-order valence-corrected chi connectivity index (χ3v) is 4.72. The number of halogens is 3. The Balaban J connectivity index is 2.19. The highest BCUT2D eigenvalue weighted by atomic mass is 35.5. The molecule has 2 aromatic rings. The summed E-state index contributed by atoms with van der Waals surface area (Å²) in [6, 6.07) is 3.08. The molecule has 0 unspecified atom stereocenters. The maximum atomic E-state index is 12.9. The highest BCUT2D eigenvalue weighted by molar-refractivity contribution is 6.42. The van der Waals surface area contributed by atoms with Crippen LogP contribution >= 0.6 is 34.8 Å². The van der Waals surface area contributed by atoms with E-state index in [9.17, 15) is 9.90 Å². The van der Waals surface area contributed by atoms with Gasteiger partial charge in [-0.15, -0.1) is 0 Å². The Morgan fingerprint density at radius 3 is 2.27 bits per heavy atom. The first kappa shape index (κ1) is 19.5. The van der Waals surface area contributed by atoms with Gasteiger partial charge < -0.3 is 19.6 Å². The van der Waals surface area contributed by atoms with Crippen LogP contribution in [-0.4, -0.2) is 34.9 Å². The molecular weight excluding hydrogens is 401 g/mol. The molecule has 0 spiro atoms. The largest absolute Gasteiger partial charge is 0.456 e. The maximum absolute atomic E-state index is 12.9. The number of rotatable bonds is 3. The van der Waals surface area contributed by atoms with Gasteiger partial charge in [-0.25, -0.2) is 4.79 Å². The minimum absolute atomic E-state index is 0.0742. The molecule has 0 saturated carbocycles. The van der Waals surface area contributed by atoms with Gasteiger partial charge in [-0.2, -0.15) is 0 Å². The van der Waals surface area contributed by atoms with Crippen molar-refractivity contribution in [3.63, 3.8) is 0 Å². The molecule has 1 saturated heterocycles. The average Bonchev–Trinajstić information content (AvgIpc) is 2.86. The second kappa shape index (κ2) is 6.73. The van der Waals surface area contributed by atoms with Crippen LogP contribution in [0.5, 0.6) is 0 Å². The van der Waals surface area contributed by atoms with Crippen LogP contribution in [0.4, 0.5) is 0 Å². The fourth-order valence-electron chi connectivity index (χ4n) is 2.77. The molecule has 0 aliphatic carbocycles. The number of hydrogen-bond acceptors (Lipinski definition) is 4. The standard InChI is InChI=1S/C18H18Cl3NO4/c1-17(2,3)26-16(23)14-10(6-22-15(14)18(24)7-25-8-18)13-11(20)4-9(19)5-12(13)21/h4-6,22,24H,7-8H2,1-3H3. The summed E-state index contributed by atoms with van der Waals surface area (Å²) in [6.07, 6.45) is 1.58. The van der Waals surface area contributed by atoms with Crippen molar-refractivity contribution in [2.75, 3.05) is 13.2 Å². The van der Waals surface area contributed by atoms with E-state index in [2.05, 4.69) is 4.98 Å². The number of aromatic amines is 1. The third-order valence-electron chi connectivity index (χ3n) is 3.91. The summed E-state index contributed by atoms with van der Waals surface area (Å²) in [5.41, 5.74) is -0.649. The van der Waals surface area contributed by atoms with Crippen LogP contribution in [-0.2, 0) is 15.1 Å². The molecule has 8 heteroatoms. The van der Waals surface area contributed by atoms with E-state index in [4.69, 9.17) is 44.3 Å². The Labute approximate surface area is 166 Å². The van der Waals surface area contributed by atoms with Crippen molar-refractivity contribution in [2.45, 2.75) is 32.0 Å². The molecule has 140 valence electrons. The van der Waals surface area contributed by atoms with E-state index in [0.717, 1.165) is 0 Å². The fraction of sp³-hybridized carbons (Fsp3) is 0.389. The van der Waals surface area contributed by atoms with Crippen molar-refractivity contribution in [2.24, 2.45) is 0 Å². The van der Waals surface area contributed by atoms with E-state index in [-0.39, 0.29) is 28.8 Å². The summed E-state index contributed by atoms with van der Waals surface area (Å²) in [6.45, 7) is 5.44. The number of aromatic nitrogens is 1. The molecule has 2 heterocycles. The van der Waals surface area contributed by atoms with Crippen molar-refractivity contribution in [1.82, 2.24) is 4.98 Å². The third kappa shape index (κ3) is 3.59. The van der Waals surface area contributed by atoms with Crippen LogP contribution in [0.2, 0.25) is 15.1 Å². The second-order valence-electron chi connectivity index (χ2n) is 7.22. The van der Waals surface area contributed by atoms with Gasteiger partial charge in [-0.1, -0.05) is 34.8 Å². The summed E-state index contributed by atoms with van der Waals surface area (Å²) in [4.78, 5) is 15.9. The molecule has 3 rings (SSSR count). The zero-order valence-corrected chi connectivity index (χ0v) is 16.7. The molecule has 0 radical (unpaired) electrons. The van der Waals surface area contributed by atoms with Crippen LogP contribution < -0.4 is 0 Å². The first-order valence-corrected chi connectivity index (χ1v) is 9.05. The van der Waals surface area contributed by atoms with Crippen LogP contribution in [0.1, 0.15) is 36.8 Å². The van der Waals surface area contributed by atoms with Crippen molar-refractivity contribution < 1.29 is 19.4 Å². The van der Waals surface area contributed by atoms with Gasteiger partial charge in [0, 0.05) is 22.3 Å². The summed E-state index contributed by atoms with van der Waals surface area (Å²) >= 11 is 18.6.